The van der Waals surface area contributed by atoms with Gasteiger partial charge in [-0.05, 0) is 44.9 Å². The predicted molar refractivity (Wildman–Crippen MR) is 109 cm³/mol. The van der Waals surface area contributed by atoms with E-state index in [4.69, 9.17) is 15.2 Å². The molecule has 4 N–H and O–H groups in total. The van der Waals surface area contributed by atoms with Crippen LogP contribution in [0.3, 0.4) is 0 Å². The van der Waals surface area contributed by atoms with Crippen LogP contribution in [-0.2, 0) is 23.9 Å². The van der Waals surface area contributed by atoms with Crippen LogP contribution in [0.5, 0.6) is 0 Å². The summed E-state index contributed by atoms with van der Waals surface area (Å²) < 4.78 is 10.8. The summed E-state index contributed by atoms with van der Waals surface area (Å²) in [7, 11) is 1.25. The standard InChI is InChI=1S/C23H34N2O5/c1-14(7-8-15-10-12-25-18(24)13-15)9-11-22-19(26)16-5-3-4-6-17(16)20(27)23(22,30-22)21(28)29-2/h9,15-18,25H,3-8,10-13,24H2,1-2H3/p+1. The van der Waals surface area contributed by atoms with E-state index in [2.05, 4.69) is 5.32 Å². The number of carbonyl (C=O) groups is 3. The third-order valence-corrected chi connectivity index (χ3v) is 7.85. The molecule has 0 aromatic carbocycles. The minimum Gasteiger partial charge on any atom is -0.466 e. The number of fused-ring (bicyclic) bond motifs is 2. The SMILES string of the molecule is COC(=O)C12OC1(CC=C(C)CCC1CC[NH2+]C(N)C1)C(=O)C1CCCCC1C2=O. The van der Waals surface area contributed by atoms with Crippen molar-refractivity contribution in [3.63, 3.8) is 0 Å². The highest BCUT2D eigenvalue weighted by atomic mass is 16.7. The molecule has 0 radical (unpaired) electrons. The molecule has 2 aliphatic heterocycles. The summed E-state index contributed by atoms with van der Waals surface area (Å²) in [6.45, 7) is 3.12. The number of hydrogen-bond donors (Lipinski definition) is 2. The van der Waals surface area contributed by atoms with E-state index in [-0.39, 0.29) is 30.1 Å². The Kier molecular flexibility index (Phi) is 5.90. The fourth-order valence-electron chi connectivity index (χ4n) is 6.02. The highest BCUT2D eigenvalue weighted by molar-refractivity contribution is 6.23. The Bertz CT molecular complexity index is 765. The second-order valence-corrected chi connectivity index (χ2v) is 9.70. The number of esters is 1. The Balaban J connectivity index is 1.48. The molecule has 166 valence electrons. The van der Waals surface area contributed by atoms with E-state index < -0.39 is 23.1 Å². The summed E-state index contributed by atoms with van der Waals surface area (Å²) in [4.78, 5) is 39.3. The van der Waals surface area contributed by atoms with Gasteiger partial charge in [-0.2, -0.15) is 0 Å². The van der Waals surface area contributed by atoms with Gasteiger partial charge in [0.1, 0.15) is 6.17 Å². The summed E-state index contributed by atoms with van der Waals surface area (Å²) in [6.07, 6.45) is 9.86. The molecule has 0 amide bonds. The molecular formula is C23H35N2O5+. The van der Waals surface area contributed by atoms with Gasteiger partial charge in [-0.25, -0.2) is 4.79 Å². The molecule has 7 heteroatoms. The number of carbonyl (C=O) groups excluding carboxylic acids is 3. The fraction of sp³-hybridized carbons (Fsp3) is 0.783. The van der Waals surface area contributed by atoms with E-state index in [0.717, 1.165) is 44.2 Å². The highest BCUT2D eigenvalue weighted by Crippen LogP contribution is 2.61. The molecule has 4 fully saturated rings. The van der Waals surface area contributed by atoms with Crippen molar-refractivity contribution in [3.05, 3.63) is 11.6 Å². The van der Waals surface area contributed by atoms with Crippen LogP contribution in [0, 0.1) is 17.8 Å². The molecule has 4 rings (SSSR count). The largest absolute Gasteiger partial charge is 0.466 e. The molecular weight excluding hydrogens is 384 g/mol. The zero-order chi connectivity index (χ0) is 21.5. The second-order valence-electron chi connectivity index (χ2n) is 9.70. The average Bonchev–Trinajstić information content (AvgIpc) is 3.46. The summed E-state index contributed by atoms with van der Waals surface area (Å²) in [5, 5.41) is 2.19. The summed E-state index contributed by atoms with van der Waals surface area (Å²) in [5.41, 5.74) is 4.12. The van der Waals surface area contributed by atoms with E-state index in [1.54, 1.807) is 0 Å². The topological polar surface area (TPSA) is 116 Å². The van der Waals surface area contributed by atoms with Gasteiger partial charge in [-0.1, -0.05) is 24.5 Å². The number of ether oxygens (including phenoxy) is 2. The minimum atomic E-state index is -1.72. The van der Waals surface area contributed by atoms with Crippen LogP contribution in [0.15, 0.2) is 11.6 Å². The third-order valence-electron chi connectivity index (χ3n) is 7.85. The van der Waals surface area contributed by atoms with E-state index in [1.165, 1.54) is 13.5 Å². The van der Waals surface area contributed by atoms with Gasteiger partial charge in [0.15, 0.2) is 17.2 Å². The lowest BCUT2D eigenvalue weighted by Crippen LogP contribution is -2.94. The van der Waals surface area contributed by atoms with Crippen LogP contribution in [0.1, 0.15) is 64.7 Å². The number of rotatable bonds is 6. The van der Waals surface area contributed by atoms with Crippen molar-refractivity contribution in [3.8, 4) is 0 Å². The number of ketones is 2. The van der Waals surface area contributed by atoms with Gasteiger partial charge in [-0.3, -0.25) is 15.3 Å². The van der Waals surface area contributed by atoms with Gasteiger partial charge in [0, 0.05) is 24.7 Å². The number of quaternary nitrogens is 1. The first kappa shape index (κ1) is 21.7. The number of piperidine rings is 1. The van der Waals surface area contributed by atoms with Crippen molar-refractivity contribution in [2.75, 3.05) is 13.7 Å². The molecule has 0 aromatic heterocycles. The molecule has 2 heterocycles. The molecule has 7 nitrogen and oxygen atoms in total. The van der Waals surface area contributed by atoms with E-state index >= 15 is 0 Å². The van der Waals surface area contributed by atoms with E-state index in [0.29, 0.717) is 18.8 Å². The van der Waals surface area contributed by atoms with Gasteiger partial charge < -0.3 is 14.8 Å². The molecule has 2 saturated carbocycles. The lowest BCUT2D eigenvalue weighted by molar-refractivity contribution is -0.699. The van der Waals surface area contributed by atoms with Crippen molar-refractivity contribution >= 4 is 17.5 Å². The zero-order valence-electron chi connectivity index (χ0n) is 18.2. The van der Waals surface area contributed by atoms with Crippen molar-refractivity contribution in [2.45, 2.75) is 82.1 Å². The smallest absolute Gasteiger partial charge is 0.349 e. The number of allylic oxidation sites excluding steroid dienone is 1. The predicted octanol–water partition coefficient (Wildman–Crippen LogP) is 1.00. The number of hydrogen-bond acceptors (Lipinski definition) is 6. The molecule has 0 spiro atoms. The van der Waals surface area contributed by atoms with Crippen LogP contribution in [0.25, 0.3) is 0 Å². The summed E-state index contributed by atoms with van der Waals surface area (Å²) in [6, 6.07) is 0. The van der Waals surface area contributed by atoms with Crippen molar-refractivity contribution in [2.24, 2.45) is 23.5 Å². The zero-order valence-corrected chi connectivity index (χ0v) is 18.2. The van der Waals surface area contributed by atoms with Crippen LogP contribution in [-0.4, -0.2) is 48.6 Å². The molecule has 0 bridgehead atoms. The summed E-state index contributed by atoms with van der Waals surface area (Å²) in [5.74, 6) is -1.13. The Labute approximate surface area is 178 Å². The quantitative estimate of drug-likeness (QED) is 0.287. The van der Waals surface area contributed by atoms with Crippen LogP contribution in [0.2, 0.25) is 0 Å². The van der Waals surface area contributed by atoms with Gasteiger partial charge >= 0.3 is 5.97 Å². The first-order chi connectivity index (χ1) is 14.4. The number of methoxy groups -OCH3 is 1. The van der Waals surface area contributed by atoms with Crippen LogP contribution < -0.4 is 11.1 Å². The maximum atomic E-state index is 13.4. The lowest BCUT2D eigenvalue weighted by Gasteiger charge is -2.36. The lowest BCUT2D eigenvalue weighted by atomic mass is 9.61. The minimum absolute atomic E-state index is 0.0740. The summed E-state index contributed by atoms with van der Waals surface area (Å²) >= 11 is 0. The maximum absolute atomic E-state index is 13.4. The van der Waals surface area contributed by atoms with Crippen LogP contribution >= 0.6 is 0 Å². The Hall–Kier alpha value is -1.57. The first-order valence-electron chi connectivity index (χ1n) is 11.5. The highest BCUT2D eigenvalue weighted by Gasteiger charge is 2.86. The Morgan fingerprint density at radius 1 is 1.23 bits per heavy atom. The Morgan fingerprint density at radius 3 is 2.60 bits per heavy atom. The van der Waals surface area contributed by atoms with E-state index in [9.17, 15) is 14.4 Å². The third kappa shape index (κ3) is 3.35. The number of epoxide rings is 1. The number of nitrogens with two attached hydrogens (primary N) is 2. The molecule has 0 aromatic rings. The Morgan fingerprint density at radius 2 is 1.93 bits per heavy atom. The molecule has 6 atom stereocenters. The van der Waals surface area contributed by atoms with Crippen LogP contribution in [0.4, 0.5) is 0 Å². The number of Topliss-reactive ketones (excluding diaryl/α,β-unsaturated/α-hetero) is 2. The van der Waals surface area contributed by atoms with Gasteiger partial charge in [-0.15, -0.1) is 0 Å². The van der Waals surface area contributed by atoms with Crippen molar-refractivity contribution in [1.29, 1.82) is 0 Å². The molecule has 30 heavy (non-hydrogen) atoms. The maximum Gasteiger partial charge on any atom is 0.349 e. The van der Waals surface area contributed by atoms with Gasteiger partial charge in [0.05, 0.1) is 13.7 Å². The molecule has 2 aliphatic carbocycles. The normalized spacial score (nSPS) is 41.1. The fourth-order valence-corrected chi connectivity index (χ4v) is 6.02. The van der Waals surface area contributed by atoms with Crippen molar-refractivity contribution < 1.29 is 29.2 Å². The molecule has 6 unspecified atom stereocenters. The van der Waals surface area contributed by atoms with Gasteiger partial charge in [0.2, 0.25) is 0 Å². The van der Waals surface area contributed by atoms with E-state index in [1.807, 2.05) is 13.0 Å². The second kappa shape index (κ2) is 8.17. The van der Waals surface area contributed by atoms with Gasteiger partial charge in [0.25, 0.3) is 5.60 Å². The first-order valence-corrected chi connectivity index (χ1v) is 11.5. The molecule has 2 saturated heterocycles. The van der Waals surface area contributed by atoms with Crippen molar-refractivity contribution in [1.82, 2.24) is 0 Å². The monoisotopic (exact) mass is 419 g/mol. The average molecular weight is 420 g/mol. The molecule has 4 aliphatic rings.